The van der Waals surface area contributed by atoms with Crippen LogP contribution in [0.1, 0.15) is 70.6 Å². The summed E-state index contributed by atoms with van der Waals surface area (Å²) in [5.41, 5.74) is 0.0228. The summed E-state index contributed by atoms with van der Waals surface area (Å²) in [6, 6.07) is 0.244. The number of hydrogen-bond acceptors (Lipinski definition) is 3. The van der Waals surface area contributed by atoms with Gasteiger partial charge in [0.1, 0.15) is 0 Å². The summed E-state index contributed by atoms with van der Waals surface area (Å²) < 4.78 is 6.14. The second kappa shape index (κ2) is 7.26. The van der Waals surface area contributed by atoms with Crippen molar-refractivity contribution in [1.82, 2.24) is 10.2 Å². The van der Waals surface area contributed by atoms with E-state index in [1.165, 1.54) is 19.3 Å². The van der Waals surface area contributed by atoms with Crippen LogP contribution in [0.3, 0.4) is 0 Å². The molecule has 140 valence electrons. The predicted molar refractivity (Wildman–Crippen MR) is 95.0 cm³/mol. The molecule has 2 amide bonds. The van der Waals surface area contributed by atoms with Crippen LogP contribution in [0, 0.1) is 11.8 Å². The summed E-state index contributed by atoms with van der Waals surface area (Å²) in [6.07, 6.45) is 11.9. The highest BCUT2D eigenvalue weighted by atomic mass is 16.5. The first-order valence-corrected chi connectivity index (χ1v) is 10.4. The number of carbonyl (C=O) groups excluding carboxylic acids is 2. The van der Waals surface area contributed by atoms with Crippen LogP contribution in [-0.4, -0.2) is 48.1 Å². The van der Waals surface area contributed by atoms with Gasteiger partial charge >= 0.3 is 0 Å². The third kappa shape index (κ3) is 4.02. The Hall–Kier alpha value is -1.10. The Morgan fingerprint density at radius 3 is 2.52 bits per heavy atom. The Labute approximate surface area is 150 Å². The molecule has 25 heavy (non-hydrogen) atoms. The molecule has 2 atom stereocenters. The Balaban J connectivity index is 1.30. The molecule has 0 aromatic rings. The summed E-state index contributed by atoms with van der Waals surface area (Å²) in [4.78, 5) is 27.0. The van der Waals surface area contributed by atoms with Gasteiger partial charge in [0.25, 0.3) is 0 Å². The van der Waals surface area contributed by atoms with Crippen molar-refractivity contribution in [2.75, 3.05) is 19.7 Å². The molecule has 4 rings (SSSR count). The number of hydrogen-bond donors (Lipinski definition) is 1. The normalized spacial score (nSPS) is 32.4. The van der Waals surface area contributed by atoms with E-state index in [-0.39, 0.29) is 35.3 Å². The molecule has 2 saturated carbocycles. The van der Waals surface area contributed by atoms with Crippen LogP contribution in [-0.2, 0) is 14.3 Å². The molecule has 2 aliphatic heterocycles. The number of ether oxygens (including phenoxy) is 1. The van der Waals surface area contributed by atoms with Gasteiger partial charge in [-0.1, -0.05) is 19.3 Å². The Morgan fingerprint density at radius 2 is 1.76 bits per heavy atom. The Bertz CT molecular complexity index is 506. The van der Waals surface area contributed by atoms with Crippen molar-refractivity contribution in [2.45, 2.75) is 82.3 Å². The number of rotatable bonds is 3. The topological polar surface area (TPSA) is 58.6 Å². The standard InChI is InChI=1S/C20H32N2O3/c23-18(16-5-4-11-22(14-16)19(24)15-6-7-15)21-17-8-12-25-20(13-17)9-2-1-3-10-20/h15-17H,1-14H2,(H,21,23)/t16-,17+/m1/s1. The lowest BCUT2D eigenvalue weighted by molar-refractivity contribution is -0.138. The van der Waals surface area contributed by atoms with E-state index in [4.69, 9.17) is 4.74 Å². The van der Waals surface area contributed by atoms with Crippen molar-refractivity contribution in [2.24, 2.45) is 11.8 Å². The lowest BCUT2D eigenvalue weighted by Crippen LogP contribution is -2.52. The number of piperidine rings is 1. The molecule has 2 heterocycles. The fourth-order valence-electron chi connectivity index (χ4n) is 4.99. The van der Waals surface area contributed by atoms with Gasteiger partial charge in [0.05, 0.1) is 11.5 Å². The van der Waals surface area contributed by atoms with E-state index in [1.807, 2.05) is 4.90 Å². The third-order valence-electron chi connectivity index (χ3n) is 6.63. The molecule has 0 unspecified atom stereocenters. The Morgan fingerprint density at radius 1 is 0.960 bits per heavy atom. The molecular formula is C20H32N2O3. The van der Waals surface area contributed by atoms with Gasteiger partial charge < -0.3 is 15.0 Å². The van der Waals surface area contributed by atoms with Gasteiger partial charge in [-0.3, -0.25) is 9.59 Å². The summed E-state index contributed by atoms with van der Waals surface area (Å²) >= 11 is 0. The fourth-order valence-corrected chi connectivity index (χ4v) is 4.99. The van der Waals surface area contributed by atoms with E-state index in [1.54, 1.807) is 0 Å². The van der Waals surface area contributed by atoms with E-state index in [0.29, 0.717) is 6.54 Å². The van der Waals surface area contributed by atoms with E-state index in [9.17, 15) is 9.59 Å². The minimum Gasteiger partial charge on any atom is -0.375 e. The van der Waals surface area contributed by atoms with Gasteiger partial charge in [-0.2, -0.15) is 0 Å². The largest absolute Gasteiger partial charge is 0.375 e. The van der Waals surface area contributed by atoms with Crippen LogP contribution < -0.4 is 5.32 Å². The summed E-state index contributed by atoms with van der Waals surface area (Å²) in [6.45, 7) is 2.22. The molecule has 1 N–H and O–H groups in total. The van der Waals surface area contributed by atoms with E-state index < -0.39 is 0 Å². The first-order valence-electron chi connectivity index (χ1n) is 10.4. The van der Waals surface area contributed by atoms with Crippen molar-refractivity contribution in [3.63, 3.8) is 0 Å². The zero-order valence-electron chi connectivity index (χ0n) is 15.3. The van der Waals surface area contributed by atoms with Crippen molar-refractivity contribution in [3.8, 4) is 0 Å². The minimum absolute atomic E-state index is 0.0228. The molecular weight excluding hydrogens is 316 g/mol. The van der Waals surface area contributed by atoms with Crippen LogP contribution in [0.2, 0.25) is 0 Å². The van der Waals surface area contributed by atoms with Crippen LogP contribution in [0.5, 0.6) is 0 Å². The number of amides is 2. The summed E-state index contributed by atoms with van der Waals surface area (Å²) in [5, 5.41) is 3.31. The average Bonchev–Trinajstić information content (AvgIpc) is 3.47. The highest BCUT2D eigenvalue weighted by Crippen LogP contribution is 2.38. The molecule has 0 aromatic carbocycles. The van der Waals surface area contributed by atoms with Gasteiger partial charge in [-0.05, 0) is 51.4 Å². The van der Waals surface area contributed by atoms with Crippen LogP contribution in [0.15, 0.2) is 0 Å². The first-order chi connectivity index (χ1) is 12.2. The molecule has 5 nitrogen and oxygen atoms in total. The highest BCUT2D eigenvalue weighted by Gasteiger charge is 2.40. The summed E-state index contributed by atoms with van der Waals surface area (Å²) in [5.74, 6) is 0.668. The SMILES string of the molecule is O=C(N[C@H]1CCOC2(CCCCC2)C1)[C@@H]1CCCN(C(=O)C2CC2)C1. The maximum Gasteiger partial charge on any atom is 0.225 e. The number of nitrogens with one attached hydrogen (secondary N) is 1. The lowest BCUT2D eigenvalue weighted by Gasteiger charge is -2.44. The van der Waals surface area contributed by atoms with Gasteiger partial charge in [-0.25, -0.2) is 0 Å². The molecule has 2 saturated heterocycles. The zero-order chi connectivity index (χ0) is 17.3. The number of likely N-dealkylation sites (tertiary alicyclic amines) is 1. The average molecular weight is 348 g/mol. The second-order valence-electron chi connectivity index (χ2n) is 8.69. The highest BCUT2D eigenvalue weighted by molar-refractivity contribution is 5.83. The van der Waals surface area contributed by atoms with Crippen molar-refractivity contribution < 1.29 is 14.3 Å². The van der Waals surface area contributed by atoms with Gasteiger partial charge in [0, 0.05) is 31.7 Å². The van der Waals surface area contributed by atoms with Crippen molar-refractivity contribution in [1.29, 1.82) is 0 Å². The molecule has 4 fully saturated rings. The molecule has 0 aromatic heterocycles. The van der Waals surface area contributed by atoms with E-state index in [0.717, 1.165) is 64.5 Å². The quantitative estimate of drug-likeness (QED) is 0.853. The minimum atomic E-state index is -0.0263. The monoisotopic (exact) mass is 348 g/mol. The smallest absolute Gasteiger partial charge is 0.225 e. The maximum atomic E-state index is 12.8. The summed E-state index contributed by atoms with van der Waals surface area (Å²) in [7, 11) is 0. The zero-order valence-corrected chi connectivity index (χ0v) is 15.3. The van der Waals surface area contributed by atoms with Gasteiger partial charge in [0.2, 0.25) is 11.8 Å². The van der Waals surface area contributed by atoms with Crippen LogP contribution in [0.4, 0.5) is 0 Å². The molecule has 1 spiro atoms. The third-order valence-corrected chi connectivity index (χ3v) is 6.63. The molecule has 2 aliphatic carbocycles. The maximum absolute atomic E-state index is 12.8. The second-order valence-corrected chi connectivity index (χ2v) is 8.69. The first kappa shape index (κ1) is 17.3. The fraction of sp³-hybridized carbons (Fsp3) is 0.900. The number of nitrogens with zero attached hydrogens (tertiary/aromatic N) is 1. The molecule has 4 aliphatic rings. The lowest BCUT2D eigenvalue weighted by atomic mass is 9.78. The molecule has 0 bridgehead atoms. The van der Waals surface area contributed by atoms with Crippen LogP contribution in [0.25, 0.3) is 0 Å². The van der Waals surface area contributed by atoms with Crippen LogP contribution >= 0.6 is 0 Å². The van der Waals surface area contributed by atoms with Crippen molar-refractivity contribution >= 4 is 11.8 Å². The Kier molecular flexibility index (Phi) is 5.03. The van der Waals surface area contributed by atoms with E-state index >= 15 is 0 Å². The van der Waals surface area contributed by atoms with Gasteiger partial charge in [-0.15, -0.1) is 0 Å². The predicted octanol–water partition coefficient (Wildman–Crippen LogP) is 2.63. The molecule has 0 radical (unpaired) electrons. The van der Waals surface area contributed by atoms with Gasteiger partial charge in [0.15, 0.2) is 0 Å². The number of carbonyl (C=O) groups is 2. The van der Waals surface area contributed by atoms with Crippen molar-refractivity contribution in [3.05, 3.63) is 0 Å². The molecule has 5 heteroatoms. The van der Waals surface area contributed by atoms with E-state index in [2.05, 4.69) is 5.32 Å².